The van der Waals surface area contributed by atoms with Crippen LogP contribution in [0.25, 0.3) is 0 Å². The summed E-state index contributed by atoms with van der Waals surface area (Å²) >= 11 is 0. The van der Waals surface area contributed by atoms with Crippen molar-refractivity contribution >= 4 is 0 Å². The summed E-state index contributed by atoms with van der Waals surface area (Å²) < 4.78 is 0. The Kier molecular flexibility index (Phi) is 4.41. The maximum absolute atomic E-state index is 5.92. The Labute approximate surface area is 99.0 Å². The second kappa shape index (κ2) is 6.05. The zero-order chi connectivity index (χ0) is 11.2. The largest absolute Gasteiger partial charge is 0.330 e. The lowest BCUT2D eigenvalue weighted by Gasteiger charge is -2.23. The summed E-state index contributed by atoms with van der Waals surface area (Å²) in [5.74, 6) is 1.57. The van der Waals surface area contributed by atoms with Crippen molar-refractivity contribution in [1.29, 1.82) is 0 Å². The van der Waals surface area contributed by atoms with E-state index in [0.717, 1.165) is 18.4 Å². The molecule has 1 heteroatoms. The van der Waals surface area contributed by atoms with Crippen LogP contribution in [0.2, 0.25) is 0 Å². The van der Waals surface area contributed by atoms with E-state index in [9.17, 15) is 0 Å². The molecule has 1 aliphatic carbocycles. The lowest BCUT2D eigenvalue weighted by molar-refractivity contribution is 0.318. The van der Waals surface area contributed by atoms with Gasteiger partial charge in [-0.1, -0.05) is 49.6 Å². The first-order valence-corrected chi connectivity index (χ1v) is 6.64. The van der Waals surface area contributed by atoms with Crippen molar-refractivity contribution in [1.82, 2.24) is 0 Å². The molecule has 16 heavy (non-hydrogen) atoms. The number of hydrogen-bond acceptors (Lipinski definition) is 1. The minimum absolute atomic E-state index is 0.753. The van der Waals surface area contributed by atoms with Gasteiger partial charge in [0.1, 0.15) is 0 Å². The van der Waals surface area contributed by atoms with E-state index < -0.39 is 0 Å². The molecule has 1 saturated carbocycles. The Bertz CT molecular complexity index is 294. The van der Waals surface area contributed by atoms with Crippen LogP contribution in [0.1, 0.15) is 37.7 Å². The zero-order valence-corrected chi connectivity index (χ0v) is 10.1. The summed E-state index contributed by atoms with van der Waals surface area (Å²) in [5, 5.41) is 0. The maximum atomic E-state index is 5.92. The molecule has 2 unspecified atom stereocenters. The van der Waals surface area contributed by atoms with Crippen molar-refractivity contribution in [2.75, 3.05) is 6.54 Å². The average Bonchev–Trinajstić information content (AvgIpc) is 2.55. The molecular formula is C15H23N. The highest BCUT2D eigenvalue weighted by molar-refractivity contribution is 5.15. The molecule has 0 spiro atoms. The Morgan fingerprint density at radius 2 is 1.62 bits per heavy atom. The second-order valence-corrected chi connectivity index (χ2v) is 5.08. The molecule has 1 aliphatic rings. The summed E-state index contributed by atoms with van der Waals surface area (Å²) in [6, 6.07) is 10.9. The normalized spacial score (nSPS) is 26.3. The molecule has 2 atom stereocenters. The van der Waals surface area contributed by atoms with Gasteiger partial charge in [0.05, 0.1) is 0 Å². The van der Waals surface area contributed by atoms with Gasteiger partial charge < -0.3 is 5.73 Å². The van der Waals surface area contributed by atoms with Gasteiger partial charge in [-0.05, 0) is 43.2 Å². The lowest BCUT2D eigenvalue weighted by Crippen LogP contribution is -2.24. The van der Waals surface area contributed by atoms with Crippen molar-refractivity contribution in [3.05, 3.63) is 35.9 Å². The molecule has 0 radical (unpaired) electrons. The molecule has 1 nitrogen and oxygen atoms in total. The molecular weight excluding hydrogens is 194 g/mol. The van der Waals surface area contributed by atoms with Crippen molar-refractivity contribution in [3.63, 3.8) is 0 Å². The third-order valence-electron chi connectivity index (χ3n) is 3.96. The van der Waals surface area contributed by atoms with Crippen LogP contribution >= 0.6 is 0 Å². The molecule has 0 aliphatic heterocycles. The molecule has 2 N–H and O–H groups in total. The van der Waals surface area contributed by atoms with Crippen molar-refractivity contribution in [3.8, 4) is 0 Å². The fraction of sp³-hybridized carbons (Fsp3) is 0.600. The summed E-state index contributed by atoms with van der Waals surface area (Å²) in [6.45, 7) is 0.873. The standard InChI is InChI=1S/C15H23N/c16-12-15-10-6-2-5-9-14(15)11-13-7-3-1-4-8-13/h1,3-4,7-8,14-15H,2,5-6,9-12,16H2. The smallest absolute Gasteiger partial charge is 0.00461 e. The molecule has 88 valence electrons. The topological polar surface area (TPSA) is 26.0 Å². The molecule has 0 saturated heterocycles. The van der Waals surface area contributed by atoms with Gasteiger partial charge in [-0.25, -0.2) is 0 Å². The Morgan fingerprint density at radius 1 is 0.938 bits per heavy atom. The van der Waals surface area contributed by atoms with E-state index >= 15 is 0 Å². The van der Waals surface area contributed by atoms with Crippen LogP contribution < -0.4 is 5.73 Å². The van der Waals surface area contributed by atoms with E-state index in [1.54, 1.807) is 0 Å². The van der Waals surface area contributed by atoms with Gasteiger partial charge in [-0.15, -0.1) is 0 Å². The van der Waals surface area contributed by atoms with E-state index in [2.05, 4.69) is 30.3 Å². The number of hydrogen-bond donors (Lipinski definition) is 1. The minimum Gasteiger partial charge on any atom is -0.330 e. The van der Waals surface area contributed by atoms with Gasteiger partial charge in [0.15, 0.2) is 0 Å². The number of rotatable bonds is 3. The number of nitrogens with two attached hydrogens (primary N) is 1. The minimum atomic E-state index is 0.753. The monoisotopic (exact) mass is 217 g/mol. The Morgan fingerprint density at radius 3 is 2.31 bits per heavy atom. The molecule has 0 heterocycles. The van der Waals surface area contributed by atoms with Gasteiger partial charge in [-0.3, -0.25) is 0 Å². The van der Waals surface area contributed by atoms with Crippen LogP contribution in [0.15, 0.2) is 30.3 Å². The third kappa shape index (κ3) is 3.08. The van der Waals surface area contributed by atoms with Crippen LogP contribution in [-0.4, -0.2) is 6.54 Å². The molecule has 0 amide bonds. The highest BCUT2D eigenvalue weighted by Crippen LogP contribution is 2.30. The molecule has 0 aromatic heterocycles. The van der Waals surface area contributed by atoms with Crippen molar-refractivity contribution in [2.24, 2.45) is 17.6 Å². The molecule has 2 rings (SSSR count). The zero-order valence-electron chi connectivity index (χ0n) is 10.1. The van der Waals surface area contributed by atoms with E-state index in [-0.39, 0.29) is 0 Å². The highest BCUT2D eigenvalue weighted by atomic mass is 14.6. The predicted molar refractivity (Wildman–Crippen MR) is 69.3 cm³/mol. The Balaban J connectivity index is 2.00. The van der Waals surface area contributed by atoms with Gasteiger partial charge in [0.2, 0.25) is 0 Å². The quantitative estimate of drug-likeness (QED) is 0.772. The summed E-state index contributed by atoms with van der Waals surface area (Å²) in [7, 11) is 0. The van der Waals surface area contributed by atoms with E-state index in [1.807, 2.05) is 0 Å². The first kappa shape index (κ1) is 11.7. The molecule has 1 aromatic rings. The third-order valence-corrected chi connectivity index (χ3v) is 3.96. The van der Waals surface area contributed by atoms with Gasteiger partial charge >= 0.3 is 0 Å². The van der Waals surface area contributed by atoms with Crippen molar-refractivity contribution < 1.29 is 0 Å². The highest BCUT2D eigenvalue weighted by Gasteiger charge is 2.22. The van der Waals surface area contributed by atoms with Crippen molar-refractivity contribution in [2.45, 2.75) is 38.5 Å². The van der Waals surface area contributed by atoms with Gasteiger partial charge in [-0.2, -0.15) is 0 Å². The SMILES string of the molecule is NCC1CCCCCC1Cc1ccccc1. The van der Waals surface area contributed by atoms with E-state index in [0.29, 0.717) is 0 Å². The first-order chi connectivity index (χ1) is 7.90. The van der Waals surface area contributed by atoms with Gasteiger partial charge in [0, 0.05) is 0 Å². The molecule has 0 bridgehead atoms. The predicted octanol–water partition coefficient (Wildman–Crippen LogP) is 3.38. The maximum Gasteiger partial charge on any atom is -0.00461 e. The van der Waals surface area contributed by atoms with Crippen LogP contribution in [0.5, 0.6) is 0 Å². The fourth-order valence-corrected chi connectivity index (χ4v) is 2.96. The van der Waals surface area contributed by atoms with Crippen LogP contribution in [-0.2, 0) is 6.42 Å². The van der Waals surface area contributed by atoms with E-state index in [1.165, 1.54) is 44.1 Å². The molecule has 1 aromatic carbocycles. The first-order valence-electron chi connectivity index (χ1n) is 6.64. The van der Waals surface area contributed by atoms with Crippen LogP contribution in [0, 0.1) is 11.8 Å². The Hall–Kier alpha value is -0.820. The number of benzene rings is 1. The summed E-state index contributed by atoms with van der Waals surface area (Å²) in [4.78, 5) is 0. The molecule has 1 fully saturated rings. The van der Waals surface area contributed by atoms with Crippen LogP contribution in [0.3, 0.4) is 0 Å². The fourth-order valence-electron chi connectivity index (χ4n) is 2.96. The average molecular weight is 217 g/mol. The lowest BCUT2D eigenvalue weighted by atomic mass is 9.83. The summed E-state index contributed by atoms with van der Waals surface area (Å²) in [5.41, 5.74) is 7.40. The van der Waals surface area contributed by atoms with Gasteiger partial charge in [0.25, 0.3) is 0 Å². The van der Waals surface area contributed by atoms with Crippen LogP contribution in [0.4, 0.5) is 0 Å². The van der Waals surface area contributed by atoms with E-state index in [4.69, 9.17) is 5.73 Å². The summed E-state index contributed by atoms with van der Waals surface area (Å²) in [6.07, 6.45) is 8.12. The second-order valence-electron chi connectivity index (χ2n) is 5.08.